The summed E-state index contributed by atoms with van der Waals surface area (Å²) in [6.45, 7) is 0.781. The average Bonchev–Trinajstić information content (AvgIpc) is 2.82. The molecule has 1 unspecified atom stereocenters. The van der Waals surface area contributed by atoms with Crippen LogP contribution in [0.25, 0.3) is 0 Å². The lowest BCUT2D eigenvalue weighted by Gasteiger charge is -2.21. The Hall–Kier alpha value is -0.720. The first-order valence-corrected chi connectivity index (χ1v) is 8.08. The molecule has 6 heteroatoms. The number of nitrogens with one attached hydrogen (secondary N) is 2. The van der Waals surface area contributed by atoms with Gasteiger partial charge in [0, 0.05) is 23.3 Å². The van der Waals surface area contributed by atoms with Crippen molar-refractivity contribution in [1.82, 2.24) is 10.6 Å². The molecule has 3 N–H and O–H groups in total. The number of amides is 2. The van der Waals surface area contributed by atoms with Crippen LogP contribution in [-0.4, -0.2) is 34.8 Å². The van der Waals surface area contributed by atoms with Crippen LogP contribution in [0.2, 0.25) is 0 Å². The van der Waals surface area contributed by atoms with Crippen LogP contribution in [0.3, 0.4) is 0 Å². The Morgan fingerprint density at radius 2 is 2.32 bits per heavy atom. The maximum Gasteiger partial charge on any atom is 0.315 e. The van der Waals surface area contributed by atoms with Gasteiger partial charge in [0.15, 0.2) is 0 Å². The topological polar surface area (TPSA) is 61.4 Å². The fourth-order valence-corrected chi connectivity index (χ4v) is 3.61. The molecule has 0 aliphatic carbocycles. The van der Waals surface area contributed by atoms with E-state index < -0.39 is 5.60 Å². The molecule has 4 nitrogen and oxygen atoms in total. The van der Waals surface area contributed by atoms with E-state index in [9.17, 15) is 9.90 Å². The minimum atomic E-state index is -0.738. The van der Waals surface area contributed by atoms with Crippen molar-refractivity contribution >= 4 is 33.7 Å². The number of hydrogen-bond acceptors (Lipinski definition) is 3. The molecule has 1 atom stereocenters. The third-order valence-corrected chi connectivity index (χ3v) is 4.73. The molecule has 1 aliphatic heterocycles. The van der Waals surface area contributed by atoms with E-state index in [0.29, 0.717) is 18.8 Å². The van der Waals surface area contributed by atoms with E-state index in [2.05, 4.69) is 26.6 Å². The summed E-state index contributed by atoms with van der Waals surface area (Å²) in [4.78, 5) is 11.6. The third kappa shape index (κ3) is 4.71. The maximum absolute atomic E-state index is 11.6. The summed E-state index contributed by atoms with van der Waals surface area (Å²) in [6.07, 6.45) is 0.740. The molecule has 104 valence electrons. The minimum absolute atomic E-state index is 0.245. The molecule has 1 heterocycles. The zero-order chi connectivity index (χ0) is 13.7. The van der Waals surface area contributed by atoms with Crippen LogP contribution in [0.5, 0.6) is 0 Å². The summed E-state index contributed by atoms with van der Waals surface area (Å²) in [5.74, 6) is 1.65. The molecular formula is C13H17BrN2O2S. The fourth-order valence-electron chi connectivity index (χ4n) is 1.87. The first-order chi connectivity index (χ1) is 9.07. The molecule has 0 spiro atoms. The van der Waals surface area contributed by atoms with E-state index in [1.807, 2.05) is 24.3 Å². The number of urea groups is 1. The van der Waals surface area contributed by atoms with Gasteiger partial charge in [-0.05, 0) is 29.9 Å². The molecule has 1 aromatic rings. The number of aliphatic hydroxyl groups is 1. The van der Waals surface area contributed by atoms with E-state index in [-0.39, 0.29) is 6.03 Å². The van der Waals surface area contributed by atoms with Crippen LogP contribution in [0.4, 0.5) is 4.79 Å². The molecule has 19 heavy (non-hydrogen) atoms. The Labute approximate surface area is 125 Å². The lowest BCUT2D eigenvalue weighted by Crippen LogP contribution is -2.46. The predicted molar refractivity (Wildman–Crippen MR) is 81.3 cm³/mol. The summed E-state index contributed by atoms with van der Waals surface area (Å²) in [5.41, 5.74) is 0.289. The molecular weight excluding hydrogens is 328 g/mol. The Morgan fingerprint density at radius 1 is 1.47 bits per heavy atom. The minimum Gasteiger partial charge on any atom is -0.387 e. The zero-order valence-corrected chi connectivity index (χ0v) is 12.9. The summed E-state index contributed by atoms with van der Waals surface area (Å²) in [6, 6.07) is 7.53. The highest BCUT2D eigenvalue weighted by Crippen LogP contribution is 2.26. The molecule has 2 rings (SSSR count). The van der Waals surface area contributed by atoms with E-state index in [1.165, 1.54) is 0 Å². The van der Waals surface area contributed by atoms with Gasteiger partial charge in [-0.2, -0.15) is 11.8 Å². The van der Waals surface area contributed by atoms with Crippen molar-refractivity contribution in [2.75, 3.05) is 18.1 Å². The van der Waals surface area contributed by atoms with Crippen LogP contribution in [0.1, 0.15) is 12.0 Å². The molecule has 1 aromatic carbocycles. The predicted octanol–water partition coefficient (Wildman–Crippen LogP) is 2.12. The van der Waals surface area contributed by atoms with Gasteiger partial charge in [0.25, 0.3) is 0 Å². The first kappa shape index (κ1) is 14.7. The molecule has 0 saturated carbocycles. The Bertz CT molecular complexity index is 450. The zero-order valence-electron chi connectivity index (χ0n) is 10.5. The number of carbonyl (C=O) groups excluding carboxylic acids is 1. The second kappa shape index (κ2) is 6.63. The summed E-state index contributed by atoms with van der Waals surface area (Å²) >= 11 is 5.11. The van der Waals surface area contributed by atoms with Gasteiger partial charge < -0.3 is 15.7 Å². The average molecular weight is 345 g/mol. The molecule has 2 amide bonds. The standard InChI is InChI=1S/C13H17BrN2O2S/c14-11-3-1-2-10(6-11)7-15-12(17)16-8-13(18)4-5-19-9-13/h1-3,6,18H,4-5,7-9H2,(H2,15,16,17). The van der Waals surface area contributed by atoms with Crippen LogP contribution >= 0.6 is 27.7 Å². The maximum atomic E-state index is 11.6. The molecule has 0 bridgehead atoms. The normalized spacial score (nSPS) is 22.2. The largest absolute Gasteiger partial charge is 0.387 e. The summed E-state index contributed by atoms with van der Waals surface area (Å²) in [5, 5.41) is 15.6. The van der Waals surface area contributed by atoms with Crippen molar-refractivity contribution in [2.45, 2.75) is 18.6 Å². The summed E-state index contributed by atoms with van der Waals surface area (Å²) in [7, 11) is 0. The number of benzene rings is 1. The highest BCUT2D eigenvalue weighted by Gasteiger charge is 2.31. The summed E-state index contributed by atoms with van der Waals surface area (Å²) < 4.78 is 0.990. The molecule has 1 aliphatic rings. The highest BCUT2D eigenvalue weighted by atomic mass is 79.9. The Morgan fingerprint density at radius 3 is 3.00 bits per heavy atom. The number of thioether (sulfide) groups is 1. The van der Waals surface area contributed by atoms with Gasteiger partial charge in [0.1, 0.15) is 0 Å². The Kier molecular flexibility index (Phi) is 5.13. The molecule has 1 fully saturated rings. The van der Waals surface area contributed by atoms with E-state index in [1.54, 1.807) is 11.8 Å². The monoisotopic (exact) mass is 344 g/mol. The molecule has 0 radical (unpaired) electrons. The van der Waals surface area contributed by atoms with Crippen LogP contribution in [-0.2, 0) is 6.54 Å². The second-order valence-electron chi connectivity index (χ2n) is 4.69. The molecule has 1 saturated heterocycles. The van der Waals surface area contributed by atoms with Crippen molar-refractivity contribution in [3.05, 3.63) is 34.3 Å². The van der Waals surface area contributed by atoms with Crippen molar-refractivity contribution in [3.63, 3.8) is 0 Å². The Balaban J connectivity index is 1.73. The lowest BCUT2D eigenvalue weighted by molar-refractivity contribution is 0.0700. The molecule has 0 aromatic heterocycles. The quantitative estimate of drug-likeness (QED) is 0.783. The van der Waals surface area contributed by atoms with Crippen molar-refractivity contribution in [3.8, 4) is 0 Å². The number of halogens is 1. The van der Waals surface area contributed by atoms with Gasteiger partial charge in [-0.1, -0.05) is 28.1 Å². The van der Waals surface area contributed by atoms with E-state index in [4.69, 9.17) is 0 Å². The van der Waals surface area contributed by atoms with Gasteiger partial charge in [-0.15, -0.1) is 0 Å². The van der Waals surface area contributed by atoms with E-state index in [0.717, 1.165) is 22.2 Å². The number of hydrogen-bond donors (Lipinski definition) is 3. The lowest BCUT2D eigenvalue weighted by atomic mass is 10.0. The van der Waals surface area contributed by atoms with Crippen LogP contribution in [0.15, 0.2) is 28.7 Å². The smallest absolute Gasteiger partial charge is 0.315 e. The van der Waals surface area contributed by atoms with Crippen LogP contribution < -0.4 is 10.6 Å². The van der Waals surface area contributed by atoms with Gasteiger partial charge >= 0.3 is 6.03 Å². The fraction of sp³-hybridized carbons (Fsp3) is 0.462. The second-order valence-corrected chi connectivity index (χ2v) is 6.71. The van der Waals surface area contributed by atoms with Gasteiger partial charge in [0.05, 0.1) is 5.60 Å². The van der Waals surface area contributed by atoms with Crippen LogP contribution in [0, 0.1) is 0 Å². The SMILES string of the molecule is O=C(NCc1cccc(Br)c1)NCC1(O)CCSC1. The first-order valence-electron chi connectivity index (χ1n) is 6.14. The number of rotatable bonds is 4. The van der Waals surface area contributed by atoms with E-state index >= 15 is 0 Å². The van der Waals surface area contributed by atoms with Gasteiger partial charge in [-0.3, -0.25) is 0 Å². The number of carbonyl (C=O) groups is 1. The highest BCUT2D eigenvalue weighted by molar-refractivity contribution is 9.10. The third-order valence-electron chi connectivity index (χ3n) is 3.00. The van der Waals surface area contributed by atoms with Gasteiger partial charge in [-0.25, -0.2) is 4.79 Å². The van der Waals surface area contributed by atoms with Crippen molar-refractivity contribution in [1.29, 1.82) is 0 Å². The van der Waals surface area contributed by atoms with Crippen molar-refractivity contribution in [2.24, 2.45) is 0 Å². The van der Waals surface area contributed by atoms with Crippen molar-refractivity contribution < 1.29 is 9.90 Å². The van der Waals surface area contributed by atoms with Gasteiger partial charge in [0.2, 0.25) is 0 Å².